The van der Waals surface area contributed by atoms with E-state index in [1.807, 2.05) is 36.4 Å². The number of likely N-dealkylation sites (tertiary alicyclic amines) is 1. The highest BCUT2D eigenvalue weighted by molar-refractivity contribution is 5.37. The molecular weight excluding hydrogens is 294 g/mol. The summed E-state index contributed by atoms with van der Waals surface area (Å²) in [5.74, 6) is 0.264. The lowest BCUT2D eigenvalue weighted by Gasteiger charge is -2.42. The average molecular weight is 323 g/mol. The van der Waals surface area contributed by atoms with Gasteiger partial charge in [-0.3, -0.25) is 0 Å². The first-order valence-electron chi connectivity index (χ1n) is 9.31. The number of nitrogens with zero attached hydrogens (tertiary/aromatic N) is 1. The van der Waals surface area contributed by atoms with E-state index < -0.39 is 5.60 Å². The zero-order chi connectivity index (χ0) is 16.8. The van der Waals surface area contributed by atoms with Crippen LogP contribution in [0.3, 0.4) is 0 Å². The number of hydrogen-bond donors (Lipinski definition) is 1. The van der Waals surface area contributed by atoms with Gasteiger partial charge in [-0.1, -0.05) is 74.0 Å². The second kappa shape index (κ2) is 7.96. The van der Waals surface area contributed by atoms with Crippen LogP contribution < -0.4 is 0 Å². The van der Waals surface area contributed by atoms with Gasteiger partial charge in [0.1, 0.15) is 5.60 Å². The van der Waals surface area contributed by atoms with Crippen LogP contribution in [0.15, 0.2) is 60.7 Å². The lowest BCUT2D eigenvalue weighted by atomic mass is 9.72. The quantitative estimate of drug-likeness (QED) is 0.850. The number of benzene rings is 2. The minimum atomic E-state index is -0.890. The molecule has 1 saturated heterocycles. The maximum absolute atomic E-state index is 11.8. The van der Waals surface area contributed by atoms with Crippen molar-refractivity contribution in [1.82, 2.24) is 4.90 Å². The summed E-state index contributed by atoms with van der Waals surface area (Å²) in [6, 6.07) is 20.4. The van der Waals surface area contributed by atoms with Crippen LogP contribution >= 0.6 is 0 Å². The van der Waals surface area contributed by atoms with E-state index in [0.29, 0.717) is 0 Å². The maximum Gasteiger partial charge on any atom is 0.117 e. The Morgan fingerprint density at radius 2 is 1.42 bits per heavy atom. The molecule has 0 aromatic heterocycles. The molecule has 0 bridgehead atoms. The monoisotopic (exact) mass is 323 g/mol. The molecule has 0 amide bonds. The van der Waals surface area contributed by atoms with Gasteiger partial charge in [0.15, 0.2) is 0 Å². The van der Waals surface area contributed by atoms with Crippen molar-refractivity contribution in [2.24, 2.45) is 5.92 Å². The molecule has 1 aliphatic heterocycles. The summed E-state index contributed by atoms with van der Waals surface area (Å²) in [7, 11) is 0. The third-order valence-corrected chi connectivity index (χ3v) is 5.43. The van der Waals surface area contributed by atoms with Gasteiger partial charge in [-0.25, -0.2) is 0 Å². The Morgan fingerprint density at radius 3 is 1.88 bits per heavy atom. The van der Waals surface area contributed by atoms with Crippen LogP contribution in [0.4, 0.5) is 0 Å². The summed E-state index contributed by atoms with van der Waals surface area (Å²) >= 11 is 0. The fraction of sp³-hybridized carbons (Fsp3) is 0.455. The van der Waals surface area contributed by atoms with Crippen molar-refractivity contribution in [2.75, 3.05) is 19.6 Å². The highest BCUT2D eigenvalue weighted by Gasteiger charge is 2.41. The Balaban J connectivity index is 1.85. The van der Waals surface area contributed by atoms with E-state index in [9.17, 15) is 5.11 Å². The van der Waals surface area contributed by atoms with E-state index in [1.165, 1.54) is 19.4 Å². The fourth-order valence-corrected chi connectivity index (χ4v) is 3.98. The van der Waals surface area contributed by atoms with E-state index in [2.05, 4.69) is 36.1 Å². The van der Waals surface area contributed by atoms with Crippen LogP contribution in [0.1, 0.15) is 43.7 Å². The second-order valence-electron chi connectivity index (χ2n) is 6.97. The molecule has 1 heterocycles. The van der Waals surface area contributed by atoms with Crippen LogP contribution in [-0.2, 0) is 5.60 Å². The van der Waals surface area contributed by atoms with Gasteiger partial charge >= 0.3 is 0 Å². The highest BCUT2D eigenvalue weighted by Crippen LogP contribution is 2.41. The second-order valence-corrected chi connectivity index (χ2v) is 6.97. The molecule has 1 aliphatic rings. The zero-order valence-electron chi connectivity index (χ0n) is 14.7. The predicted octanol–water partition coefficient (Wildman–Crippen LogP) is 4.43. The van der Waals surface area contributed by atoms with Crippen LogP contribution in [-0.4, -0.2) is 29.6 Å². The Labute approximate surface area is 146 Å². The van der Waals surface area contributed by atoms with Gasteiger partial charge in [-0.05, 0) is 55.9 Å². The molecule has 3 rings (SSSR count). The van der Waals surface area contributed by atoms with E-state index in [-0.39, 0.29) is 5.92 Å². The number of aliphatic hydroxyl groups is 1. The molecule has 24 heavy (non-hydrogen) atoms. The molecular formula is C22H29NO. The van der Waals surface area contributed by atoms with Crippen molar-refractivity contribution in [3.8, 4) is 0 Å². The van der Waals surface area contributed by atoms with Crippen molar-refractivity contribution in [3.63, 3.8) is 0 Å². The molecule has 1 fully saturated rings. The van der Waals surface area contributed by atoms with Gasteiger partial charge in [0.05, 0.1) is 0 Å². The van der Waals surface area contributed by atoms with Gasteiger partial charge in [-0.2, -0.15) is 0 Å². The standard InChI is InChI=1S/C22H29NO/c1-2-3-16-23-17-14-21(15-18-23)22(24,19-10-6-4-7-11-19)20-12-8-5-9-13-20/h4-13,21,24H,2-3,14-18H2,1H3. The van der Waals surface area contributed by atoms with Gasteiger partial charge in [-0.15, -0.1) is 0 Å². The molecule has 0 radical (unpaired) electrons. The van der Waals surface area contributed by atoms with Crippen LogP contribution in [0.5, 0.6) is 0 Å². The molecule has 0 spiro atoms. The Morgan fingerprint density at radius 1 is 0.917 bits per heavy atom. The van der Waals surface area contributed by atoms with Crippen molar-refractivity contribution >= 4 is 0 Å². The maximum atomic E-state index is 11.8. The lowest BCUT2D eigenvalue weighted by molar-refractivity contribution is -0.0142. The van der Waals surface area contributed by atoms with E-state index in [4.69, 9.17) is 0 Å². The summed E-state index contributed by atoms with van der Waals surface area (Å²) in [5.41, 5.74) is 1.14. The zero-order valence-corrected chi connectivity index (χ0v) is 14.7. The number of piperidine rings is 1. The minimum absolute atomic E-state index is 0.264. The lowest BCUT2D eigenvalue weighted by Crippen LogP contribution is -2.44. The normalized spacial score (nSPS) is 17.1. The number of unbranched alkanes of at least 4 members (excludes halogenated alkanes) is 1. The van der Waals surface area contributed by atoms with Gasteiger partial charge in [0.25, 0.3) is 0 Å². The molecule has 0 atom stereocenters. The van der Waals surface area contributed by atoms with E-state index in [1.54, 1.807) is 0 Å². The highest BCUT2D eigenvalue weighted by atomic mass is 16.3. The summed E-state index contributed by atoms with van der Waals surface area (Å²) in [6.45, 7) is 5.62. The smallest absolute Gasteiger partial charge is 0.117 e. The van der Waals surface area contributed by atoms with Crippen molar-refractivity contribution < 1.29 is 5.11 Å². The summed E-state index contributed by atoms with van der Waals surface area (Å²) in [5, 5.41) is 11.8. The van der Waals surface area contributed by atoms with Gasteiger partial charge < -0.3 is 10.0 Å². The summed E-state index contributed by atoms with van der Waals surface area (Å²) in [4.78, 5) is 2.55. The fourth-order valence-electron chi connectivity index (χ4n) is 3.98. The van der Waals surface area contributed by atoms with E-state index >= 15 is 0 Å². The largest absolute Gasteiger partial charge is 0.380 e. The van der Waals surface area contributed by atoms with Crippen molar-refractivity contribution in [3.05, 3.63) is 71.8 Å². The SMILES string of the molecule is CCCCN1CCC(C(O)(c2ccccc2)c2ccccc2)CC1. The molecule has 128 valence electrons. The Bertz CT molecular complexity index is 563. The first-order valence-corrected chi connectivity index (χ1v) is 9.31. The first-order chi connectivity index (χ1) is 11.7. The molecule has 0 aliphatic carbocycles. The summed E-state index contributed by atoms with van der Waals surface area (Å²) < 4.78 is 0. The average Bonchev–Trinajstić information content (AvgIpc) is 2.67. The molecule has 0 unspecified atom stereocenters. The first kappa shape index (κ1) is 17.2. The van der Waals surface area contributed by atoms with Gasteiger partial charge in [0, 0.05) is 0 Å². The van der Waals surface area contributed by atoms with Crippen molar-refractivity contribution in [1.29, 1.82) is 0 Å². The predicted molar refractivity (Wildman–Crippen MR) is 100.0 cm³/mol. The van der Waals surface area contributed by atoms with Crippen molar-refractivity contribution in [2.45, 2.75) is 38.2 Å². The number of hydrogen-bond acceptors (Lipinski definition) is 2. The third-order valence-electron chi connectivity index (χ3n) is 5.43. The topological polar surface area (TPSA) is 23.5 Å². The van der Waals surface area contributed by atoms with Gasteiger partial charge in [0.2, 0.25) is 0 Å². The van der Waals surface area contributed by atoms with Crippen LogP contribution in [0.2, 0.25) is 0 Å². The molecule has 2 aromatic carbocycles. The third kappa shape index (κ3) is 3.55. The Kier molecular flexibility index (Phi) is 5.70. The molecule has 0 saturated carbocycles. The Hall–Kier alpha value is -1.64. The molecule has 2 heteroatoms. The molecule has 2 aromatic rings. The molecule has 2 nitrogen and oxygen atoms in total. The minimum Gasteiger partial charge on any atom is -0.380 e. The van der Waals surface area contributed by atoms with Crippen LogP contribution in [0, 0.1) is 5.92 Å². The van der Waals surface area contributed by atoms with E-state index in [0.717, 1.165) is 37.1 Å². The number of rotatable bonds is 6. The molecule has 1 N–H and O–H groups in total. The van der Waals surface area contributed by atoms with Crippen LogP contribution in [0.25, 0.3) is 0 Å². The summed E-state index contributed by atoms with van der Waals surface area (Å²) in [6.07, 6.45) is 4.61.